The number of amides is 1. The number of carbonyl (C=O) groups is 1. The van der Waals surface area contributed by atoms with Crippen LogP contribution in [0.1, 0.15) is 18.1 Å². The van der Waals surface area contributed by atoms with Gasteiger partial charge in [0.15, 0.2) is 0 Å². The molecule has 0 unspecified atom stereocenters. The highest BCUT2D eigenvalue weighted by Gasteiger charge is 2.32. The molecule has 6 rings (SSSR count). The molecule has 0 radical (unpaired) electrons. The largest absolute Gasteiger partial charge is 0.378 e. The molecule has 0 N–H and O–H groups in total. The number of amidine groups is 1. The molecular formula is C32H28N4O. The number of aliphatic imine (C=N–C) groups is 1. The predicted molar refractivity (Wildman–Crippen MR) is 154 cm³/mol. The first kappa shape index (κ1) is 22.8. The lowest BCUT2D eigenvalue weighted by atomic mass is 10.1. The predicted octanol–water partition coefficient (Wildman–Crippen LogP) is 6.71. The van der Waals surface area contributed by atoms with Crippen molar-refractivity contribution in [3.63, 3.8) is 0 Å². The highest BCUT2D eigenvalue weighted by molar-refractivity contribution is 6.33. The number of fused-ring (bicyclic) bond motifs is 3. The number of aromatic nitrogens is 1. The number of hydrogen-bond donors (Lipinski definition) is 0. The number of rotatable bonds is 5. The average Bonchev–Trinajstić information content (AvgIpc) is 3.43. The summed E-state index contributed by atoms with van der Waals surface area (Å²) in [5, 5.41) is 2.31. The highest BCUT2D eigenvalue weighted by Crippen LogP contribution is 2.35. The molecule has 0 atom stereocenters. The van der Waals surface area contributed by atoms with E-state index in [0.717, 1.165) is 39.9 Å². The van der Waals surface area contributed by atoms with Crippen LogP contribution in [-0.4, -0.2) is 30.4 Å². The summed E-state index contributed by atoms with van der Waals surface area (Å²) in [6.45, 7) is 3.04. The Bertz CT molecular complexity index is 1690. The highest BCUT2D eigenvalue weighted by atomic mass is 16.2. The van der Waals surface area contributed by atoms with E-state index in [0.29, 0.717) is 11.5 Å². The quantitative estimate of drug-likeness (QED) is 0.260. The van der Waals surface area contributed by atoms with Gasteiger partial charge in [-0.3, -0.25) is 9.69 Å². The van der Waals surface area contributed by atoms with Gasteiger partial charge in [0.2, 0.25) is 0 Å². The summed E-state index contributed by atoms with van der Waals surface area (Å²) >= 11 is 0. The van der Waals surface area contributed by atoms with Crippen molar-refractivity contribution in [1.82, 2.24) is 4.57 Å². The van der Waals surface area contributed by atoms with Crippen molar-refractivity contribution in [1.29, 1.82) is 0 Å². The minimum Gasteiger partial charge on any atom is -0.378 e. The molecule has 1 aromatic heterocycles. The van der Waals surface area contributed by atoms with E-state index in [-0.39, 0.29) is 5.91 Å². The summed E-state index contributed by atoms with van der Waals surface area (Å²) in [5.74, 6) is 0.509. The molecule has 2 heterocycles. The van der Waals surface area contributed by atoms with E-state index >= 15 is 0 Å². The Labute approximate surface area is 216 Å². The molecule has 1 amide bonds. The molecule has 0 spiro atoms. The number of benzene rings is 4. The van der Waals surface area contributed by atoms with Gasteiger partial charge in [0.05, 0.1) is 5.69 Å². The molecule has 5 aromatic rings. The lowest BCUT2D eigenvalue weighted by Crippen LogP contribution is -2.32. The van der Waals surface area contributed by atoms with Crippen LogP contribution in [0.2, 0.25) is 0 Å². The van der Waals surface area contributed by atoms with Gasteiger partial charge < -0.3 is 9.47 Å². The van der Waals surface area contributed by atoms with E-state index in [4.69, 9.17) is 4.99 Å². The molecule has 5 heteroatoms. The Balaban J connectivity index is 1.48. The van der Waals surface area contributed by atoms with E-state index in [1.165, 1.54) is 10.9 Å². The fraction of sp³-hybridized carbons (Fsp3) is 0.125. The smallest absolute Gasteiger partial charge is 0.282 e. The molecule has 0 aliphatic carbocycles. The number of aryl methyl sites for hydroxylation is 1. The fourth-order valence-corrected chi connectivity index (χ4v) is 5.09. The molecule has 0 saturated heterocycles. The first-order valence-corrected chi connectivity index (χ1v) is 12.5. The minimum absolute atomic E-state index is 0.130. The first-order chi connectivity index (χ1) is 18.0. The van der Waals surface area contributed by atoms with E-state index < -0.39 is 0 Å². The van der Waals surface area contributed by atoms with Gasteiger partial charge in [0, 0.05) is 53.7 Å². The molecule has 0 saturated carbocycles. The molecule has 182 valence electrons. The Hall–Kier alpha value is -4.64. The summed E-state index contributed by atoms with van der Waals surface area (Å²) in [6.07, 6.45) is 1.87. The lowest BCUT2D eigenvalue weighted by molar-refractivity contribution is -0.113. The Morgan fingerprint density at radius 2 is 1.51 bits per heavy atom. The second-order valence-corrected chi connectivity index (χ2v) is 9.42. The Morgan fingerprint density at radius 3 is 2.24 bits per heavy atom. The van der Waals surface area contributed by atoms with Crippen molar-refractivity contribution in [2.45, 2.75) is 13.5 Å². The van der Waals surface area contributed by atoms with Crippen LogP contribution < -0.4 is 9.80 Å². The van der Waals surface area contributed by atoms with Gasteiger partial charge in [0.1, 0.15) is 11.5 Å². The van der Waals surface area contributed by atoms with Crippen LogP contribution in [0.15, 0.2) is 108 Å². The van der Waals surface area contributed by atoms with Crippen LogP contribution in [0.3, 0.4) is 0 Å². The summed E-state index contributed by atoms with van der Waals surface area (Å²) in [7, 11) is 4.02. The standard InChI is InChI=1S/C32H28N4O/c1-4-35-29-13-9-8-12-26(29)27-21-25(18-19-30(27)35)36-31(23-10-6-5-7-11-23)33-28(32(36)37)20-22-14-16-24(17-15-22)34(2)3/h5-21H,4H2,1-3H3/b28-20-. The second kappa shape index (κ2) is 9.10. The Morgan fingerprint density at radius 1 is 0.811 bits per heavy atom. The van der Waals surface area contributed by atoms with E-state index in [1.807, 2.05) is 80.8 Å². The molecule has 5 nitrogen and oxygen atoms in total. The maximum atomic E-state index is 13.9. The van der Waals surface area contributed by atoms with Crippen molar-refractivity contribution >= 4 is 51.0 Å². The number of para-hydroxylation sites is 1. The number of nitrogens with zero attached hydrogens (tertiary/aromatic N) is 4. The van der Waals surface area contributed by atoms with E-state index in [2.05, 4.69) is 52.8 Å². The third-order valence-electron chi connectivity index (χ3n) is 6.94. The summed E-state index contributed by atoms with van der Waals surface area (Å²) in [5.41, 5.74) is 6.54. The number of hydrogen-bond acceptors (Lipinski definition) is 3. The second-order valence-electron chi connectivity index (χ2n) is 9.42. The number of carbonyl (C=O) groups excluding carboxylic acids is 1. The SMILES string of the molecule is CCn1c2ccccc2c2cc(N3C(=O)/C(=C/c4ccc(N(C)C)cc4)N=C3c3ccccc3)ccc21. The van der Waals surface area contributed by atoms with E-state index in [9.17, 15) is 4.79 Å². The first-order valence-electron chi connectivity index (χ1n) is 12.5. The zero-order valence-electron chi connectivity index (χ0n) is 21.2. The van der Waals surface area contributed by atoms with Crippen LogP contribution in [0.4, 0.5) is 11.4 Å². The Kier molecular flexibility index (Phi) is 5.61. The van der Waals surface area contributed by atoms with Crippen LogP contribution in [-0.2, 0) is 11.3 Å². The zero-order chi connectivity index (χ0) is 25.5. The van der Waals surface area contributed by atoms with Crippen molar-refractivity contribution in [2.24, 2.45) is 4.99 Å². The van der Waals surface area contributed by atoms with Crippen LogP contribution >= 0.6 is 0 Å². The van der Waals surface area contributed by atoms with Crippen LogP contribution in [0, 0.1) is 0 Å². The topological polar surface area (TPSA) is 40.8 Å². The van der Waals surface area contributed by atoms with Gasteiger partial charge in [-0.05, 0) is 55.0 Å². The maximum absolute atomic E-state index is 13.9. The van der Waals surface area contributed by atoms with Crippen molar-refractivity contribution in [3.8, 4) is 0 Å². The molecule has 1 aliphatic heterocycles. The molecule has 0 bridgehead atoms. The third-order valence-corrected chi connectivity index (χ3v) is 6.94. The normalized spacial score (nSPS) is 14.7. The molecule has 0 fully saturated rings. The monoisotopic (exact) mass is 484 g/mol. The van der Waals surface area contributed by atoms with Gasteiger partial charge in [-0.15, -0.1) is 0 Å². The maximum Gasteiger partial charge on any atom is 0.282 e. The lowest BCUT2D eigenvalue weighted by Gasteiger charge is -2.19. The zero-order valence-corrected chi connectivity index (χ0v) is 21.2. The molecule has 37 heavy (non-hydrogen) atoms. The molecule has 1 aliphatic rings. The molecular weight excluding hydrogens is 456 g/mol. The summed E-state index contributed by atoms with van der Waals surface area (Å²) in [4.78, 5) is 22.5. The van der Waals surface area contributed by atoms with Gasteiger partial charge >= 0.3 is 0 Å². The average molecular weight is 485 g/mol. The van der Waals surface area contributed by atoms with Gasteiger partial charge in [0.25, 0.3) is 5.91 Å². The van der Waals surface area contributed by atoms with Gasteiger partial charge in [-0.25, -0.2) is 4.99 Å². The third kappa shape index (κ3) is 3.89. The van der Waals surface area contributed by atoms with Crippen LogP contribution in [0.5, 0.6) is 0 Å². The summed E-state index contributed by atoms with van der Waals surface area (Å²) < 4.78 is 2.31. The van der Waals surface area contributed by atoms with Crippen molar-refractivity contribution < 1.29 is 4.79 Å². The van der Waals surface area contributed by atoms with Crippen molar-refractivity contribution in [2.75, 3.05) is 23.9 Å². The number of anilines is 2. The fourth-order valence-electron chi connectivity index (χ4n) is 5.09. The van der Waals surface area contributed by atoms with Crippen LogP contribution in [0.25, 0.3) is 27.9 Å². The van der Waals surface area contributed by atoms with E-state index in [1.54, 1.807) is 4.90 Å². The minimum atomic E-state index is -0.130. The van der Waals surface area contributed by atoms with Gasteiger partial charge in [-0.1, -0.05) is 60.7 Å². The van der Waals surface area contributed by atoms with Crippen molar-refractivity contribution in [3.05, 3.63) is 114 Å². The summed E-state index contributed by atoms with van der Waals surface area (Å²) in [6, 6.07) is 32.7. The molecule has 4 aromatic carbocycles. The van der Waals surface area contributed by atoms with Gasteiger partial charge in [-0.2, -0.15) is 0 Å².